The van der Waals surface area contributed by atoms with Gasteiger partial charge in [-0.3, -0.25) is 0 Å². The van der Waals surface area contributed by atoms with Crippen LogP contribution in [0, 0.1) is 5.92 Å². The lowest BCUT2D eigenvalue weighted by molar-refractivity contribution is 0.225. The molecule has 0 aliphatic heterocycles. The molecule has 1 aliphatic carbocycles. The van der Waals surface area contributed by atoms with Crippen molar-refractivity contribution in [2.75, 3.05) is 6.61 Å². The Balaban J connectivity index is 1.84. The van der Waals surface area contributed by atoms with Gasteiger partial charge in [-0.1, -0.05) is 50.1 Å². The topological polar surface area (TPSA) is 32.3 Å². The molecule has 1 aromatic carbocycles. The number of rotatable bonds is 5. The summed E-state index contributed by atoms with van der Waals surface area (Å²) >= 11 is 0. The van der Waals surface area contributed by atoms with Crippen molar-refractivity contribution in [3.63, 3.8) is 0 Å². The highest BCUT2D eigenvalue weighted by atomic mass is 16.3. The van der Waals surface area contributed by atoms with Crippen LogP contribution >= 0.6 is 0 Å². The second kappa shape index (κ2) is 7.66. The molecule has 0 saturated heterocycles. The van der Waals surface area contributed by atoms with E-state index in [9.17, 15) is 5.11 Å². The third kappa shape index (κ3) is 4.96. The fourth-order valence-corrected chi connectivity index (χ4v) is 3.06. The molecule has 0 aromatic heterocycles. The van der Waals surface area contributed by atoms with Gasteiger partial charge < -0.3 is 10.4 Å². The molecule has 0 bridgehead atoms. The highest BCUT2D eigenvalue weighted by Gasteiger charge is 2.19. The van der Waals surface area contributed by atoms with E-state index in [-0.39, 0.29) is 12.6 Å². The van der Waals surface area contributed by atoms with Crippen LogP contribution in [0.2, 0.25) is 0 Å². The predicted molar refractivity (Wildman–Crippen MR) is 80.2 cm³/mol. The second-order valence-corrected chi connectivity index (χ2v) is 6.05. The van der Waals surface area contributed by atoms with E-state index in [1.54, 1.807) is 0 Å². The molecule has 106 valence electrons. The molecule has 2 heteroatoms. The van der Waals surface area contributed by atoms with Gasteiger partial charge in [-0.2, -0.15) is 0 Å². The van der Waals surface area contributed by atoms with Crippen LogP contribution in [0.15, 0.2) is 30.3 Å². The first kappa shape index (κ1) is 14.5. The van der Waals surface area contributed by atoms with Gasteiger partial charge in [-0.15, -0.1) is 0 Å². The van der Waals surface area contributed by atoms with Crippen LogP contribution in [-0.2, 0) is 6.42 Å². The average molecular weight is 261 g/mol. The summed E-state index contributed by atoms with van der Waals surface area (Å²) in [6.45, 7) is 2.58. The zero-order chi connectivity index (χ0) is 13.5. The number of nitrogens with one attached hydrogen (secondary N) is 1. The minimum atomic E-state index is 0.195. The molecule has 1 aliphatic rings. The molecule has 1 fully saturated rings. The summed E-state index contributed by atoms with van der Waals surface area (Å²) in [5.74, 6) is 0.869. The monoisotopic (exact) mass is 261 g/mol. The quantitative estimate of drug-likeness (QED) is 0.798. The number of hydrogen-bond acceptors (Lipinski definition) is 2. The van der Waals surface area contributed by atoms with Gasteiger partial charge in [0, 0.05) is 12.1 Å². The second-order valence-electron chi connectivity index (χ2n) is 6.05. The Morgan fingerprint density at radius 1 is 1.16 bits per heavy atom. The van der Waals surface area contributed by atoms with Gasteiger partial charge in [-0.25, -0.2) is 0 Å². The molecule has 2 nitrogen and oxygen atoms in total. The molecule has 0 radical (unpaired) electrons. The normalized spacial score (nSPS) is 25.8. The van der Waals surface area contributed by atoms with Gasteiger partial charge in [0.2, 0.25) is 0 Å². The van der Waals surface area contributed by atoms with Gasteiger partial charge in [-0.05, 0) is 37.2 Å². The maximum Gasteiger partial charge on any atom is 0.0587 e. The van der Waals surface area contributed by atoms with Crippen molar-refractivity contribution in [2.24, 2.45) is 5.92 Å². The van der Waals surface area contributed by atoms with E-state index in [4.69, 9.17) is 0 Å². The van der Waals surface area contributed by atoms with E-state index in [1.165, 1.54) is 37.7 Å². The van der Waals surface area contributed by atoms with Crippen LogP contribution in [0.3, 0.4) is 0 Å². The van der Waals surface area contributed by atoms with E-state index in [2.05, 4.69) is 36.5 Å². The molecule has 0 heterocycles. The molecule has 3 unspecified atom stereocenters. The van der Waals surface area contributed by atoms with Crippen LogP contribution in [0.25, 0.3) is 0 Å². The lowest BCUT2D eigenvalue weighted by Crippen LogP contribution is -2.41. The van der Waals surface area contributed by atoms with Crippen molar-refractivity contribution in [3.8, 4) is 0 Å². The summed E-state index contributed by atoms with van der Waals surface area (Å²) in [7, 11) is 0. The number of aliphatic hydroxyl groups is 1. The van der Waals surface area contributed by atoms with Crippen molar-refractivity contribution < 1.29 is 5.11 Å². The highest BCUT2D eigenvalue weighted by molar-refractivity contribution is 5.16. The first-order chi connectivity index (χ1) is 9.28. The van der Waals surface area contributed by atoms with Crippen molar-refractivity contribution in [3.05, 3.63) is 35.9 Å². The molecular weight excluding hydrogens is 234 g/mol. The zero-order valence-electron chi connectivity index (χ0n) is 12.0. The first-order valence-corrected chi connectivity index (χ1v) is 7.68. The van der Waals surface area contributed by atoms with Crippen molar-refractivity contribution in [1.29, 1.82) is 0 Å². The van der Waals surface area contributed by atoms with Gasteiger partial charge in [0.1, 0.15) is 0 Å². The summed E-state index contributed by atoms with van der Waals surface area (Å²) in [4.78, 5) is 0. The zero-order valence-corrected chi connectivity index (χ0v) is 12.0. The highest BCUT2D eigenvalue weighted by Crippen LogP contribution is 2.23. The summed E-state index contributed by atoms with van der Waals surface area (Å²) in [6.07, 6.45) is 7.44. The number of benzene rings is 1. The van der Waals surface area contributed by atoms with Gasteiger partial charge >= 0.3 is 0 Å². The van der Waals surface area contributed by atoms with Crippen LogP contribution < -0.4 is 5.32 Å². The molecular formula is C17H27NO. The third-order valence-electron chi connectivity index (χ3n) is 4.27. The van der Waals surface area contributed by atoms with E-state index >= 15 is 0 Å². The maximum absolute atomic E-state index is 9.58. The fraction of sp³-hybridized carbons (Fsp3) is 0.647. The fourth-order valence-electron chi connectivity index (χ4n) is 3.06. The lowest BCUT2D eigenvalue weighted by Gasteiger charge is -2.23. The molecule has 3 atom stereocenters. The first-order valence-electron chi connectivity index (χ1n) is 7.68. The molecule has 2 rings (SSSR count). The maximum atomic E-state index is 9.58. The Labute approximate surface area is 117 Å². The van der Waals surface area contributed by atoms with E-state index < -0.39 is 0 Å². The minimum absolute atomic E-state index is 0.195. The largest absolute Gasteiger partial charge is 0.395 e. The summed E-state index contributed by atoms with van der Waals surface area (Å²) in [5, 5.41) is 13.2. The van der Waals surface area contributed by atoms with Crippen LogP contribution in [0.4, 0.5) is 0 Å². The standard InChI is InChI=1S/C17H27NO/c1-14-6-5-9-16(11-10-14)18-17(13-19)12-15-7-3-2-4-8-15/h2-4,7-8,14,16-19H,5-6,9-13H2,1H3. The van der Waals surface area contributed by atoms with Crippen molar-refractivity contribution >= 4 is 0 Å². The van der Waals surface area contributed by atoms with Crippen LogP contribution in [0.5, 0.6) is 0 Å². The smallest absolute Gasteiger partial charge is 0.0587 e. The Bertz CT molecular complexity index is 352. The molecule has 1 aromatic rings. The summed E-state index contributed by atoms with van der Waals surface area (Å²) in [5.41, 5.74) is 1.30. The van der Waals surface area contributed by atoms with Gasteiger partial charge in [0.05, 0.1) is 6.61 Å². The Morgan fingerprint density at radius 2 is 1.95 bits per heavy atom. The van der Waals surface area contributed by atoms with Crippen molar-refractivity contribution in [1.82, 2.24) is 5.32 Å². The van der Waals surface area contributed by atoms with E-state index in [0.717, 1.165) is 12.3 Å². The molecule has 1 saturated carbocycles. The molecule has 2 N–H and O–H groups in total. The summed E-state index contributed by atoms with van der Waals surface area (Å²) < 4.78 is 0. The Hall–Kier alpha value is -0.860. The number of aliphatic hydroxyl groups excluding tert-OH is 1. The molecule has 19 heavy (non-hydrogen) atoms. The Morgan fingerprint density at radius 3 is 2.68 bits per heavy atom. The predicted octanol–water partition coefficient (Wildman–Crippen LogP) is 3.15. The van der Waals surface area contributed by atoms with Gasteiger partial charge in [0.25, 0.3) is 0 Å². The Kier molecular flexibility index (Phi) is 5.87. The average Bonchev–Trinajstić information content (AvgIpc) is 2.64. The van der Waals surface area contributed by atoms with Crippen molar-refractivity contribution in [2.45, 2.75) is 57.5 Å². The molecule has 0 amide bonds. The summed E-state index contributed by atoms with van der Waals surface area (Å²) in [6, 6.07) is 11.2. The van der Waals surface area contributed by atoms with E-state index in [0.29, 0.717) is 6.04 Å². The minimum Gasteiger partial charge on any atom is -0.395 e. The third-order valence-corrected chi connectivity index (χ3v) is 4.27. The lowest BCUT2D eigenvalue weighted by atomic mass is 10.0. The van der Waals surface area contributed by atoms with E-state index in [1.807, 2.05) is 6.07 Å². The van der Waals surface area contributed by atoms with Crippen LogP contribution in [0.1, 0.15) is 44.6 Å². The molecule has 0 spiro atoms. The number of hydrogen-bond donors (Lipinski definition) is 2. The van der Waals surface area contributed by atoms with Crippen LogP contribution in [-0.4, -0.2) is 23.8 Å². The van der Waals surface area contributed by atoms with Gasteiger partial charge in [0.15, 0.2) is 0 Å². The SMILES string of the molecule is CC1CCCC(NC(CO)Cc2ccccc2)CC1.